The molecule has 0 spiro atoms. The van der Waals surface area contributed by atoms with Gasteiger partial charge >= 0.3 is 6.36 Å². The van der Waals surface area contributed by atoms with Crippen molar-refractivity contribution < 1.29 is 22.3 Å². The summed E-state index contributed by atoms with van der Waals surface area (Å²) < 4.78 is 54.5. The van der Waals surface area contributed by atoms with Crippen LogP contribution in [0.5, 0.6) is 5.75 Å². The van der Waals surface area contributed by atoms with Crippen LogP contribution >= 0.6 is 0 Å². The summed E-state index contributed by atoms with van der Waals surface area (Å²) in [5.41, 5.74) is 0.805. The molecule has 1 aromatic carbocycles. The Morgan fingerprint density at radius 3 is 2.19 bits per heavy atom. The molecule has 1 saturated heterocycles. The Balaban J connectivity index is 1.51. The van der Waals surface area contributed by atoms with Gasteiger partial charge in [0, 0.05) is 8.80 Å². The lowest BCUT2D eigenvalue weighted by atomic mass is 9.72. The number of hydrogen-bond acceptors (Lipinski definition) is 1. The minimum absolute atomic E-state index is 0.251. The molecule has 0 atom stereocenters. The fourth-order valence-electron chi connectivity index (χ4n) is 5.26. The van der Waals surface area contributed by atoms with E-state index in [4.69, 9.17) is 0 Å². The summed E-state index contributed by atoms with van der Waals surface area (Å²) in [7, 11) is -0.440. The zero-order valence-electron chi connectivity index (χ0n) is 16.0. The van der Waals surface area contributed by atoms with E-state index in [1.54, 1.807) is 6.07 Å². The SMILES string of the molecule is CCC[SiH]1CCC(C2CCC(c3ccc(OC(F)(F)F)c(F)c3)CC2)CC1. The van der Waals surface area contributed by atoms with Gasteiger partial charge in [-0.2, -0.15) is 0 Å². The first-order valence-electron chi connectivity index (χ1n) is 10.4. The molecule has 0 bridgehead atoms. The average Bonchev–Trinajstić information content (AvgIpc) is 2.63. The highest BCUT2D eigenvalue weighted by atomic mass is 28.3. The Morgan fingerprint density at radius 2 is 1.63 bits per heavy atom. The number of rotatable bonds is 5. The molecule has 0 amide bonds. The highest BCUT2D eigenvalue weighted by molar-refractivity contribution is 6.58. The maximum atomic E-state index is 14.0. The van der Waals surface area contributed by atoms with Crippen LogP contribution in [0.15, 0.2) is 18.2 Å². The van der Waals surface area contributed by atoms with Gasteiger partial charge in [0.15, 0.2) is 11.6 Å². The van der Waals surface area contributed by atoms with Gasteiger partial charge in [0.25, 0.3) is 0 Å². The van der Waals surface area contributed by atoms with E-state index in [1.807, 2.05) is 0 Å². The molecule has 1 aliphatic heterocycles. The van der Waals surface area contributed by atoms with E-state index in [-0.39, 0.29) is 5.92 Å². The minimum atomic E-state index is -4.86. The van der Waals surface area contributed by atoms with E-state index in [9.17, 15) is 17.6 Å². The highest BCUT2D eigenvalue weighted by Crippen LogP contribution is 2.44. The molecule has 2 aliphatic rings. The lowest BCUT2D eigenvalue weighted by Gasteiger charge is -2.37. The van der Waals surface area contributed by atoms with E-state index in [1.165, 1.54) is 43.5 Å². The van der Waals surface area contributed by atoms with Crippen LogP contribution in [0.25, 0.3) is 0 Å². The van der Waals surface area contributed by atoms with Crippen LogP contribution < -0.4 is 4.74 Å². The van der Waals surface area contributed by atoms with Crippen LogP contribution in [-0.4, -0.2) is 15.2 Å². The molecule has 1 saturated carbocycles. The molecular formula is C21H30F4OSi. The molecule has 0 N–H and O–H groups in total. The lowest BCUT2D eigenvalue weighted by molar-refractivity contribution is -0.275. The Bertz CT molecular complexity index is 603. The molecule has 3 rings (SSSR count). The molecule has 6 heteroatoms. The third-order valence-electron chi connectivity index (χ3n) is 6.68. The molecule has 1 aliphatic carbocycles. The predicted octanol–water partition coefficient (Wildman–Crippen LogP) is 7.05. The Morgan fingerprint density at radius 1 is 1.00 bits per heavy atom. The van der Waals surface area contributed by atoms with Gasteiger partial charge in [-0.1, -0.05) is 50.4 Å². The van der Waals surface area contributed by atoms with Crippen molar-refractivity contribution in [1.29, 1.82) is 0 Å². The number of benzene rings is 1. The normalized spacial score (nSPS) is 29.5. The molecule has 0 radical (unpaired) electrons. The number of hydrogen-bond donors (Lipinski definition) is 0. The van der Waals surface area contributed by atoms with Crippen LogP contribution in [-0.2, 0) is 0 Å². The topological polar surface area (TPSA) is 9.23 Å². The molecular weight excluding hydrogens is 372 g/mol. The summed E-state index contributed by atoms with van der Waals surface area (Å²) in [6.07, 6.45) is 3.64. The quantitative estimate of drug-likeness (QED) is 0.379. The Hall–Kier alpha value is -1.04. The van der Waals surface area contributed by atoms with Gasteiger partial charge in [-0.05, 0) is 61.1 Å². The van der Waals surface area contributed by atoms with Crippen molar-refractivity contribution >= 4 is 8.80 Å². The van der Waals surface area contributed by atoms with E-state index >= 15 is 0 Å². The summed E-state index contributed by atoms with van der Waals surface area (Å²) in [6, 6.07) is 8.45. The summed E-state index contributed by atoms with van der Waals surface area (Å²) in [6.45, 7) is 2.30. The average molecular weight is 403 g/mol. The fourth-order valence-corrected chi connectivity index (χ4v) is 8.74. The van der Waals surface area contributed by atoms with Crippen molar-refractivity contribution in [2.45, 2.75) is 82.3 Å². The minimum Gasteiger partial charge on any atom is -0.403 e. The van der Waals surface area contributed by atoms with Gasteiger partial charge < -0.3 is 4.74 Å². The van der Waals surface area contributed by atoms with Crippen molar-refractivity contribution in [3.8, 4) is 5.75 Å². The number of ether oxygens (including phenoxy) is 1. The van der Waals surface area contributed by atoms with Crippen molar-refractivity contribution in [2.75, 3.05) is 0 Å². The molecule has 0 aromatic heterocycles. The first kappa shape index (κ1) is 20.7. The van der Waals surface area contributed by atoms with Gasteiger partial charge in [-0.15, -0.1) is 13.2 Å². The summed E-state index contributed by atoms with van der Waals surface area (Å²) >= 11 is 0. The number of alkyl halides is 3. The van der Waals surface area contributed by atoms with E-state index in [0.717, 1.165) is 49.1 Å². The third-order valence-corrected chi connectivity index (χ3v) is 10.4. The van der Waals surface area contributed by atoms with Crippen LogP contribution in [0.3, 0.4) is 0 Å². The van der Waals surface area contributed by atoms with Gasteiger partial charge in [0.05, 0.1) is 0 Å². The fraction of sp³-hybridized carbons (Fsp3) is 0.714. The maximum absolute atomic E-state index is 14.0. The molecule has 0 unspecified atom stereocenters. The van der Waals surface area contributed by atoms with Crippen molar-refractivity contribution in [2.24, 2.45) is 11.8 Å². The predicted molar refractivity (Wildman–Crippen MR) is 102 cm³/mol. The van der Waals surface area contributed by atoms with Crippen LogP contribution in [0, 0.1) is 17.7 Å². The van der Waals surface area contributed by atoms with Gasteiger partial charge in [0.1, 0.15) is 0 Å². The molecule has 152 valence electrons. The summed E-state index contributed by atoms with van der Waals surface area (Å²) in [5.74, 6) is 0.238. The zero-order chi connectivity index (χ0) is 19.4. The van der Waals surface area contributed by atoms with Crippen LogP contribution in [0.1, 0.15) is 63.4 Å². The number of halogens is 4. The largest absolute Gasteiger partial charge is 0.573 e. The zero-order valence-corrected chi connectivity index (χ0v) is 17.2. The Labute approximate surface area is 161 Å². The van der Waals surface area contributed by atoms with E-state index in [0.29, 0.717) is 0 Å². The first-order chi connectivity index (χ1) is 12.9. The molecule has 1 nitrogen and oxygen atoms in total. The Kier molecular flexibility index (Phi) is 6.87. The maximum Gasteiger partial charge on any atom is 0.573 e. The first-order valence-corrected chi connectivity index (χ1v) is 12.9. The van der Waals surface area contributed by atoms with Crippen LogP contribution in [0.2, 0.25) is 18.1 Å². The standard InChI is InChI=1S/C21H30F4OSi/c1-2-11-27-12-9-17(10-13-27)15-3-5-16(6-4-15)18-7-8-20(19(22)14-18)26-21(23,24)25/h7-8,14-17,27H,2-6,9-13H2,1H3. The smallest absolute Gasteiger partial charge is 0.403 e. The monoisotopic (exact) mass is 402 g/mol. The van der Waals surface area contributed by atoms with Crippen molar-refractivity contribution in [3.05, 3.63) is 29.6 Å². The van der Waals surface area contributed by atoms with Crippen molar-refractivity contribution in [3.63, 3.8) is 0 Å². The van der Waals surface area contributed by atoms with Crippen LogP contribution in [0.4, 0.5) is 17.6 Å². The molecule has 1 heterocycles. The second kappa shape index (κ2) is 8.97. The van der Waals surface area contributed by atoms with Gasteiger partial charge in [-0.25, -0.2) is 4.39 Å². The molecule has 2 fully saturated rings. The highest BCUT2D eigenvalue weighted by Gasteiger charge is 2.34. The van der Waals surface area contributed by atoms with Crippen molar-refractivity contribution in [1.82, 2.24) is 0 Å². The summed E-state index contributed by atoms with van der Waals surface area (Å²) in [4.78, 5) is 0. The summed E-state index contributed by atoms with van der Waals surface area (Å²) in [5, 5.41) is 0. The third kappa shape index (κ3) is 5.72. The molecule has 27 heavy (non-hydrogen) atoms. The van der Waals surface area contributed by atoms with Gasteiger partial charge in [-0.3, -0.25) is 0 Å². The lowest BCUT2D eigenvalue weighted by Crippen LogP contribution is -2.28. The van der Waals surface area contributed by atoms with Gasteiger partial charge in [0.2, 0.25) is 0 Å². The second-order valence-corrected chi connectivity index (χ2v) is 11.9. The van der Waals surface area contributed by atoms with E-state index < -0.39 is 26.7 Å². The second-order valence-electron chi connectivity index (χ2n) is 8.42. The molecule has 1 aromatic rings. The van der Waals surface area contributed by atoms with E-state index in [2.05, 4.69) is 11.7 Å².